The van der Waals surface area contributed by atoms with Crippen molar-refractivity contribution in [2.45, 2.75) is 0 Å². The Morgan fingerprint density at radius 2 is 0.722 bits per heavy atom. The maximum absolute atomic E-state index is 6.42. The van der Waals surface area contributed by atoms with Crippen molar-refractivity contribution in [3.63, 3.8) is 0 Å². The summed E-state index contributed by atoms with van der Waals surface area (Å²) in [6.45, 7) is 0. The number of hydrogen-bond acceptors (Lipinski definition) is 6. The molecule has 334 valence electrons. The van der Waals surface area contributed by atoms with Crippen LogP contribution in [0.5, 0.6) is 0 Å². The lowest BCUT2D eigenvalue weighted by atomic mass is 9.98. The third-order valence-electron chi connectivity index (χ3n) is 14.6. The standard InChI is InChI=1S/C65H36N4O3/c1-3-15-39-35-53-49(31-37(39)13-1)50-32-38-14-2-4-16-40(38)36-54(50)69(53)52-29-27-42(34-48(52)41-28-30-58-51(33-41)43-17-5-8-22-55(43)70-58)63-66-64(46-20-11-25-59-61(46)44-18-6-9-23-56(44)71-59)68-65(67-63)47-21-12-26-60-62(47)45-19-7-10-24-57(45)72-60/h1-36H. The van der Waals surface area contributed by atoms with Gasteiger partial charge in [-0.1, -0.05) is 133 Å². The van der Waals surface area contributed by atoms with Gasteiger partial charge in [0.15, 0.2) is 17.5 Å². The summed E-state index contributed by atoms with van der Waals surface area (Å²) >= 11 is 0. The molecular formula is C65H36N4O3. The number of fused-ring (bicyclic) bond motifs is 14. The Hall–Kier alpha value is -9.85. The van der Waals surface area contributed by atoms with E-state index in [1.54, 1.807) is 0 Å². The molecule has 0 unspecified atom stereocenters. The summed E-state index contributed by atoms with van der Waals surface area (Å²) in [5.41, 5.74) is 12.7. The van der Waals surface area contributed by atoms with Crippen molar-refractivity contribution in [1.82, 2.24) is 19.5 Å². The van der Waals surface area contributed by atoms with Crippen molar-refractivity contribution in [3.05, 3.63) is 218 Å². The molecule has 0 amide bonds. The zero-order valence-electron chi connectivity index (χ0n) is 38.3. The fourth-order valence-electron chi connectivity index (χ4n) is 11.3. The first-order valence-corrected chi connectivity index (χ1v) is 24.1. The molecule has 72 heavy (non-hydrogen) atoms. The maximum atomic E-state index is 6.42. The quantitative estimate of drug-likeness (QED) is 0.171. The lowest BCUT2D eigenvalue weighted by molar-refractivity contribution is 0.668. The van der Waals surface area contributed by atoms with E-state index in [0.717, 1.165) is 110 Å². The number of para-hydroxylation sites is 3. The lowest BCUT2D eigenvalue weighted by Gasteiger charge is -2.17. The molecule has 7 heteroatoms. The summed E-state index contributed by atoms with van der Waals surface area (Å²) in [4.78, 5) is 16.2. The van der Waals surface area contributed by atoms with Gasteiger partial charge in [-0.2, -0.15) is 0 Å². The van der Waals surface area contributed by atoms with Gasteiger partial charge in [0.25, 0.3) is 0 Å². The van der Waals surface area contributed by atoms with Crippen molar-refractivity contribution in [3.8, 4) is 51.0 Å². The first kappa shape index (κ1) is 39.0. The molecule has 11 aromatic carbocycles. The summed E-state index contributed by atoms with van der Waals surface area (Å²) in [6, 6.07) is 76.5. The van der Waals surface area contributed by atoms with Crippen molar-refractivity contribution in [1.29, 1.82) is 0 Å². The molecule has 0 saturated heterocycles. The summed E-state index contributed by atoms with van der Waals surface area (Å²) < 4.78 is 21.7. The first-order chi connectivity index (χ1) is 35.6. The van der Waals surface area contributed by atoms with Crippen LogP contribution in [0, 0.1) is 0 Å². The molecule has 0 spiro atoms. The zero-order chi connectivity index (χ0) is 47.0. The molecule has 0 bridgehead atoms. The molecule has 16 aromatic rings. The topological polar surface area (TPSA) is 83.0 Å². The van der Waals surface area contributed by atoms with Crippen molar-refractivity contribution in [2.75, 3.05) is 0 Å². The molecule has 0 N–H and O–H groups in total. The second-order valence-electron chi connectivity index (χ2n) is 18.7. The minimum Gasteiger partial charge on any atom is -0.456 e. The maximum Gasteiger partial charge on any atom is 0.164 e. The Morgan fingerprint density at radius 3 is 1.31 bits per heavy atom. The van der Waals surface area contributed by atoms with Crippen molar-refractivity contribution < 1.29 is 13.3 Å². The van der Waals surface area contributed by atoms with E-state index in [4.69, 9.17) is 28.2 Å². The predicted molar refractivity (Wildman–Crippen MR) is 293 cm³/mol. The minimum absolute atomic E-state index is 0.534. The molecule has 16 rings (SSSR count). The molecule has 0 radical (unpaired) electrons. The minimum atomic E-state index is 0.534. The Labute approximate surface area is 409 Å². The highest BCUT2D eigenvalue weighted by molar-refractivity contribution is 6.18. The van der Waals surface area contributed by atoms with E-state index in [1.165, 1.54) is 32.3 Å². The van der Waals surface area contributed by atoms with Gasteiger partial charge >= 0.3 is 0 Å². The van der Waals surface area contributed by atoms with Crippen LogP contribution in [0.1, 0.15) is 0 Å². The average molecular weight is 921 g/mol. The van der Waals surface area contributed by atoms with Crippen LogP contribution in [0.2, 0.25) is 0 Å². The third kappa shape index (κ3) is 5.76. The summed E-state index contributed by atoms with van der Waals surface area (Å²) in [7, 11) is 0. The smallest absolute Gasteiger partial charge is 0.164 e. The van der Waals surface area contributed by atoms with Crippen LogP contribution in [-0.2, 0) is 0 Å². The second-order valence-corrected chi connectivity index (χ2v) is 18.7. The van der Waals surface area contributed by atoms with Crippen LogP contribution in [0.25, 0.3) is 160 Å². The van der Waals surface area contributed by atoms with Crippen LogP contribution in [0.4, 0.5) is 0 Å². The SMILES string of the molecule is c1ccc2cc3c(cc2c1)c1cc2ccccc2cc1n3-c1ccc(-c2nc(-c3cccc4oc5ccccc5c34)nc(-c3cccc4oc5ccccc5c34)n2)cc1-c1ccc2oc3ccccc3c2c1. The van der Waals surface area contributed by atoms with Crippen LogP contribution in [-0.4, -0.2) is 19.5 Å². The number of rotatable bonds is 5. The van der Waals surface area contributed by atoms with E-state index in [-0.39, 0.29) is 0 Å². The Bertz CT molecular complexity index is 4730. The van der Waals surface area contributed by atoms with Gasteiger partial charge in [0.1, 0.15) is 33.5 Å². The molecule has 0 aliphatic carbocycles. The van der Waals surface area contributed by atoms with E-state index in [2.05, 4.69) is 150 Å². The molecule has 0 aliphatic heterocycles. The summed E-state index contributed by atoms with van der Waals surface area (Å²) in [5, 5.41) is 13.1. The van der Waals surface area contributed by atoms with Gasteiger partial charge in [-0.05, 0) is 112 Å². The zero-order valence-corrected chi connectivity index (χ0v) is 38.3. The third-order valence-corrected chi connectivity index (χ3v) is 14.6. The van der Waals surface area contributed by atoms with Crippen LogP contribution in [0.3, 0.4) is 0 Å². The van der Waals surface area contributed by atoms with E-state index in [0.29, 0.717) is 17.5 Å². The monoisotopic (exact) mass is 920 g/mol. The van der Waals surface area contributed by atoms with Gasteiger partial charge in [0.05, 0.1) is 16.7 Å². The van der Waals surface area contributed by atoms with Crippen molar-refractivity contribution in [2.24, 2.45) is 0 Å². The van der Waals surface area contributed by atoms with Crippen LogP contribution >= 0.6 is 0 Å². The molecule has 5 heterocycles. The van der Waals surface area contributed by atoms with Gasteiger partial charge in [0, 0.05) is 65.3 Å². The fraction of sp³-hybridized carbons (Fsp3) is 0. The van der Waals surface area contributed by atoms with E-state index in [1.807, 2.05) is 72.8 Å². The summed E-state index contributed by atoms with van der Waals surface area (Å²) in [6.07, 6.45) is 0. The highest BCUT2D eigenvalue weighted by Crippen LogP contribution is 2.44. The number of aromatic nitrogens is 4. The second kappa shape index (κ2) is 14.8. The normalized spacial score (nSPS) is 12.2. The molecule has 0 atom stereocenters. The molecule has 5 aromatic heterocycles. The number of hydrogen-bond donors (Lipinski definition) is 0. The molecule has 7 nitrogen and oxygen atoms in total. The van der Waals surface area contributed by atoms with Gasteiger partial charge < -0.3 is 17.8 Å². The van der Waals surface area contributed by atoms with Gasteiger partial charge in [0.2, 0.25) is 0 Å². The number of nitrogens with zero attached hydrogens (tertiary/aromatic N) is 4. The van der Waals surface area contributed by atoms with Gasteiger partial charge in [-0.3, -0.25) is 0 Å². The molecule has 0 fully saturated rings. The van der Waals surface area contributed by atoms with E-state index >= 15 is 0 Å². The fourth-order valence-corrected chi connectivity index (χ4v) is 11.3. The highest BCUT2D eigenvalue weighted by Gasteiger charge is 2.23. The molecule has 0 aliphatic rings. The highest BCUT2D eigenvalue weighted by atomic mass is 16.3. The van der Waals surface area contributed by atoms with Crippen LogP contribution < -0.4 is 0 Å². The van der Waals surface area contributed by atoms with Gasteiger partial charge in [-0.25, -0.2) is 15.0 Å². The Kier molecular flexibility index (Phi) is 8.04. The number of furan rings is 3. The lowest BCUT2D eigenvalue weighted by Crippen LogP contribution is -2.02. The largest absolute Gasteiger partial charge is 0.456 e. The number of benzene rings is 11. The first-order valence-electron chi connectivity index (χ1n) is 24.1. The molecule has 0 saturated carbocycles. The average Bonchev–Trinajstić information content (AvgIpc) is 4.20. The molecular weight excluding hydrogens is 885 g/mol. The van der Waals surface area contributed by atoms with Crippen LogP contribution in [0.15, 0.2) is 232 Å². The Balaban J connectivity index is 1.00. The van der Waals surface area contributed by atoms with E-state index in [9.17, 15) is 0 Å². The van der Waals surface area contributed by atoms with Gasteiger partial charge in [-0.15, -0.1) is 0 Å². The predicted octanol–water partition coefficient (Wildman–Crippen LogP) is 17.6. The summed E-state index contributed by atoms with van der Waals surface area (Å²) in [5.74, 6) is 1.61. The van der Waals surface area contributed by atoms with E-state index < -0.39 is 0 Å². The van der Waals surface area contributed by atoms with Crippen molar-refractivity contribution >= 4 is 109 Å². The Morgan fingerprint density at radius 1 is 0.278 bits per heavy atom.